The summed E-state index contributed by atoms with van der Waals surface area (Å²) >= 11 is 1.51. The number of aryl methyl sites for hydroxylation is 1. The van der Waals surface area contributed by atoms with E-state index in [0.29, 0.717) is 13.0 Å². The Balaban J connectivity index is 1.38. The van der Waals surface area contributed by atoms with E-state index in [-0.39, 0.29) is 23.7 Å². The quantitative estimate of drug-likeness (QED) is 0.810. The van der Waals surface area contributed by atoms with Crippen molar-refractivity contribution in [1.82, 2.24) is 5.32 Å². The molecule has 4 nitrogen and oxygen atoms in total. The van der Waals surface area contributed by atoms with Crippen LogP contribution >= 0.6 is 11.8 Å². The van der Waals surface area contributed by atoms with Crippen LogP contribution in [-0.2, 0) is 27.2 Å². The molecule has 0 saturated heterocycles. The molecule has 2 aromatic carbocycles. The Kier molecular flexibility index (Phi) is 5.76. The van der Waals surface area contributed by atoms with Gasteiger partial charge in [-0.1, -0.05) is 42.5 Å². The van der Waals surface area contributed by atoms with Gasteiger partial charge >= 0.3 is 5.97 Å². The van der Waals surface area contributed by atoms with E-state index in [1.807, 2.05) is 36.4 Å². The molecular weight excluding hydrogens is 334 g/mol. The number of rotatable bonds is 6. The third-order valence-corrected chi connectivity index (χ3v) is 5.53. The first-order valence-electron chi connectivity index (χ1n) is 8.36. The summed E-state index contributed by atoms with van der Waals surface area (Å²) in [5, 5.41) is 2.55. The Labute approximate surface area is 152 Å². The number of hydrogen-bond acceptors (Lipinski definition) is 4. The van der Waals surface area contributed by atoms with Gasteiger partial charge in [-0.15, -0.1) is 11.8 Å². The largest absolute Gasteiger partial charge is 0.455 e. The van der Waals surface area contributed by atoms with Gasteiger partial charge in [0.1, 0.15) is 5.25 Å². The maximum absolute atomic E-state index is 12.1. The lowest BCUT2D eigenvalue weighted by atomic mass is 10.1. The van der Waals surface area contributed by atoms with E-state index in [1.165, 1.54) is 22.9 Å². The van der Waals surface area contributed by atoms with Gasteiger partial charge in [0.25, 0.3) is 5.91 Å². The number of hydrogen-bond donors (Lipinski definition) is 1. The maximum Gasteiger partial charge on any atom is 0.320 e. The van der Waals surface area contributed by atoms with Crippen LogP contribution in [0.2, 0.25) is 0 Å². The third kappa shape index (κ3) is 4.63. The van der Waals surface area contributed by atoms with Gasteiger partial charge in [0.15, 0.2) is 6.61 Å². The molecule has 130 valence electrons. The van der Waals surface area contributed by atoms with Crippen molar-refractivity contribution in [3.8, 4) is 0 Å². The van der Waals surface area contributed by atoms with E-state index in [1.54, 1.807) is 0 Å². The fourth-order valence-electron chi connectivity index (χ4n) is 2.82. The van der Waals surface area contributed by atoms with Crippen molar-refractivity contribution in [2.45, 2.75) is 29.9 Å². The van der Waals surface area contributed by atoms with Gasteiger partial charge in [-0.05, 0) is 42.5 Å². The molecule has 0 fully saturated rings. The first-order valence-corrected chi connectivity index (χ1v) is 9.24. The number of fused-ring (bicyclic) bond motifs is 1. The number of carbonyl (C=O) groups excluding carboxylic acids is 2. The number of benzene rings is 2. The molecule has 0 spiro atoms. The summed E-state index contributed by atoms with van der Waals surface area (Å²) in [7, 11) is 0. The van der Waals surface area contributed by atoms with E-state index in [9.17, 15) is 9.59 Å². The Morgan fingerprint density at radius 3 is 2.72 bits per heavy atom. The summed E-state index contributed by atoms with van der Waals surface area (Å²) in [6.45, 7) is 2.36. The topological polar surface area (TPSA) is 55.4 Å². The number of nitrogens with one attached hydrogen (secondary N) is 1. The lowest BCUT2D eigenvalue weighted by molar-refractivity contribution is -0.147. The van der Waals surface area contributed by atoms with Crippen molar-refractivity contribution < 1.29 is 14.3 Å². The average Bonchev–Trinajstić information content (AvgIpc) is 3.05. The molecule has 1 heterocycles. The SMILES string of the molecule is Cc1ccccc1CCNC(=O)COC(=O)C1Cc2ccccc2S1. The molecule has 1 N–H and O–H groups in total. The first kappa shape index (κ1) is 17.5. The monoisotopic (exact) mass is 355 g/mol. The summed E-state index contributed by atoms with van der Waals surface area (Å²) in [6.07, 6.45) is 1.43. The van der Waals surface area contributed by atoms with Crippen LogP contribution in [0.25, 0.3) is 0 Å². The Morgan fingerprint density at radius 2 is 1.92 bits per heavy atom. The van der Waals surface area contributed by atoms with Crippen LogP contribution < -0.4 is 5.32 Å². The lowest BCUT2D eigenvalue weighted by Crippen LogP contribution is -2.32. The summed E-state index contributed by atoms with van der Waals surface area (Å²) in [6, 6.07) is 16.0. The fourth-order valence-corrected chi connectivity index (χ4v) is 4.01. The highest BCUT2D eigenvalue weighted by molar-refractivity contribution is 8.01. The standard InChI is InChI=1S/C20H21NO3S/c1-14-6-2-3-7-15(14)10-11-21-19(22)13-24-20(23)18-12-16-8-4-5-9-17(16)25-18/h2-9,18H,10-13H2,1H3,(H,21,22). The van der Waals surface area contributed by atoms with Crippen LogP contribution in [0, 0.1) is 6.92 Å². The number of amides is 1. The second-order valence-corrected chi connectivity index (χ2v) is 7.30. The van der Waals surface area contributed by atoms with E-state index in [0.717, 1.165) is 16.9 Å². The van der Waals surface area contributed by atoms with Gasteiger partial charge in [0.2, 0.25) is 0 Å². The minimum Gasteiger partial charge on any atom is -0.455 e. The van der Waals surface area contributed by atoms with Crippen molar-refractivity contribution >= 4 is 23.6 Å². The highest BCUT2D eigenvalue weighted by Gasteiger charge is 2.29. The van der Waals surface area contributed by atoms with Crippen molar-refractivity contribution in [3.05, 3.63) is 65.2 Å². The molecule has 0 radical (unpaired) electrons. The molecule has 0 aromatic heterocycles. The fraction of sp³-hybridized carbons (Fsp3) is 0.300. The minimum absolute atomic E-state index is 0.222. The zero-order chi connectivity index (χ0) is 17.6. The van der Waals surface area contributed by atoms with Gasteiger partial charge in [-0.2, -0.15) is 0 Å². The van der Waals surface area contributed by atoms with Crippen LogP contribution in [0.1, 0.15) is 16.7 Å². The number of thioether (sulfide) groups is 1. The molecule has 0 bridgehead atoms. The summed E-state index contributed by atoms with van der Waals surface area (Å²) in [5.74, 6) is -0.585. The second-order valence-electron chi connectivity index (χ2n) is 6.05. The molecule has 0 saturated carbocycles. The third-order valence-electron chi connectivity index (χ3n) is 4.23. The van der Waals surface area contributed by atoms with Crippen molar-refractivity contribution in [1.29, 1.82) is 0 Å². The van der Waals surface area contributed by atoms with E-state index >= 15 is 0 Å². The molecule has 1 aliphatic rings. The van der Waals surface area contributed by atoms with Crippen LogP contribution in [-0.4, -0.2) is 30.3 Å². The molecular formula is C20H21NO3S. The number of ether oxygens (including phenoxy) is 1. The van der Waals surface area contributed by atoms with E-state index in [2.05, 4.69) is 24.4 Å². The summed E-state index contributed by atoms with van der Waals surface area (Å²) in [5.41, 5.74) is 3.58. The second kappa shape index (κ2) is 8.21. The van der Waals surface area contributed by atoms with Gasteiger partial charge in [0.05, 0.1) is 0 Å². The Hall–Kier alpha value is -2.27. The minimum atomic E-state index is -0.324. The van der Waals surface area contributed by atoms with Gasteiger partial charge in [-0.3, -0.25) is 9.59 Å². The van der Waals surface area contributed by atoms with Gasteiger partial charge in [-0.25, -0.2) is 0 Å². The molecule has 1 amide bonds. The van der Waals surface area contributed by atoms with E-state index in [4.69, 9.17) is 4.74 Å². The molecule has 3 rings (SSSR count). The summed E-state index contributed by atoms with van der Waals surface area (Å²) < 4.78 is 5.17. The van der Waals surface area contributed by atoms with Crippen LogP contribution in [0.3, 0.4) is 0 Å². The van der Waals surface area contributed by atoms with E-state index < -0.39 is 0 Å². The Bertz CT molecular complexity index is 750. The highest BCUT2D eigenvalue weighted by Crippen LogP contribution is 2.37. The zero-order valence-electron chi connectivity index (χ0n) is 14.2. The number of esters is 1. The molecule has 2 aromatic rings. The predicted octanol–water partition coefficient (Wildman–Crippen LogP) is 2.91. The number of carbonyl (C=O) groups is 2. The zero-order valence-corrected chi connectivity index (χ0v) is 15.0. The Morgan fingerprint density at radius 1 is 1.16 bits per heavy atom. The van der Waals surface area contributed by atoms with Crippen LogP contribution in [0.15, 0.2) is 53.4 Å². The molecule has 0 aliphatic carbocycles. The van der Waals surface area contributed by atoms with Crippen LogP contribution in [0.4, 0.5) is 0 Å². The predicted molar refractivity (Wildman–Crippen MR) is 98.6 cm³/mol. The first-order chi connectivity index (χ1) is 12.1. The van der Waals surface area contributed by atoms with Gasteiger partial charge in [0, 0.05) is 11.4 Å². The molecule has 1 atom stereocenters. The molecule has 25 heavy (non-hydrogen) atoms. The lowest BCUT2D eigenvalue weighted by Gasteiger charge is -2.10. The molecule has 1 unspecified atom stereocenters. The van der Waals surface area contributed by atoms with Crippen molar-refractivity contribution in [2.75, 3.05) is 13.2 Å². The summed E-state index contributed by atoms with van der Waals surface area (Å²) in [4.78, 5) is 25.1. The smallest absolute Gasteiger partial charge is 0.320 e. The molecule has 1 aliphatic heterocycles. The normalized spacial score (nSPS) is 15.5. The van der Waals surface area contributed by atoms with Gasteiger partial charge < -0.3 is 10.1 Å². The van der Waals surface area contributed by atoms with Crippen molar-refractivity contribution in [2.24, 2.45) is 0 Å². The van der Waals surface area contributed by atoms with Crippen LogP contribution in [0.5, 0.6) is 0 Å². The maximum atomic E-state index is 12.1. The molecule has 5 heteroatoms. The average molecular weight is 355 g/mol. The highest BCUT2D eigenvalue weighted by atomic mass is 32.2. The van der Waals surface area contributed by atoms with Crippen molar-refractivity contribution in [3.63, 3.8) is 0 Å².